The van der Waals surface area contributed by atoms with Gasteiger partial charge in [-0.25, -0.2) is 8.42 Å². The van der Waals surface area contributed by atoms with Crippen molar-refractivity contribution in [1.29, 1.82) is 0 Å². The monoisotopic (exact) mass is 326 g/mol. The van der Waals surface area contributed by atoms with E-state index < -0.39 is 9.84 Å². The fraction of sp³-hybridized carbons (Fsp3) is 0.333. The van der Waals surface area contributed by atoms with Crippen LogP contribution in [0.2, 0.25) is 0 Å². The zero-order valence-electron chi connectivity index (χ0n) is 12.0. The highest BCUT2D eigenvalue weighted by Crippen LogP contribution is 2.35. The summed E-state index contributed by atoms with van der Waals surface area (Å²) in [5.41, 5.74) is 0.963. The standard InChI is InChI=1S/C15H18O2S3/c1-15(2,3)11-8-12(19-14-6-5-7-18-14)10-13(9-11)20(4,16)17/h5-10H,1-4H3. The minimum absolute atomic E-state index is 0.0779. The van der Waals surface area contributed by atoms with E-state index in [1.165, 1.54) is 6.26 Å². The minimum atomic E-state index is -3.20. The zero-order chi connectivity index (χ0) is 15.0. The molecular weight excluding hydrogens is 308 g/mol. The number of rotatable bonds is 3. The minimum Gasteiger partial charge on any atom is -0.224 e. The van der Waals surface area contributed by atoms with Crippen molar-refractivity contribution in [3.63, 3.8) is 0 Å². The summed E-state index contributed by atoms with van der Waals surface area (Å²) in [5, 5.41) is 2.02. The number of sulfone groups is 1. The third-order valence-corrected chi connectivity index (χ3v) is 5.99. The molecule has 2 aromatic rings. The first kappa shape index (κ1) is 15.6. The summed E-state index contributed by atoms with van der Waals surface area (Å²) in [6, 6.07) is 9.67. The van der Waals surface area contributed by atoms with Crippen LogP contribution in [-0.2, 0) is 15.3 Å². The summed E-state index contributed by atoms with van der Waals surface area (Å²) in [7, 11) is -3.20. The number of hydrogen-bond acceptors (Lipinski definition) is 4. The fourth-order valence-electron chi connectivity index (χ4n) is 1.72. The molecular formula is C15H18O2S3. The molecule has 1 aromatic carbocycles. The number of benzene rings is 1. The van der Waals surface area contributed by atoms with Crippen molar-refractivity contribution in [3.05, 3.63) is 41.3 Å². The van der Waals surface area contributed by atoms with Crippen molar-refractivity contribution < 1.29 is 8.42 Å². The van der Waals surface area contributed by atoms with Crippen LogP contribution in [0.5, 0.6) is 0 Å². The molecule has 0 radical (unpaired) electrons. The van der Waals surface area contributed by atoms with Gasteiger partial charge in [-0.15, -0.1) is 11.3 Å². The highest BCUT2D eigenvalue weighted by atomic mass is 32.2. The van der Waals surface area contributed by atoms with E-state index in [2.05, 4.69) is 26.8 Å². The molecule has 0 fully saturated rings. The lowest BCUT2D eigenvalue weighted by atomic mass is 9.87. The highest BCUT2D eigenvalue weighted by Gasteiger charge is 2.19. The molecule has 2 nitrogen and oxygen atoms in total. The average Bonchev–Trinajstić information content (AvgIpc) is 2.79. The Balaban J connectivity index is 2.51. The molecule has 0 aliphatic rings. The van der Waals surface area contributed by atoms with Crippen LogP contribution in [0.1, 0.15) is 26.3 Å². The Hall–Kier alpha value is -0.780. The maximum Gasteiger partial charge on any atom is 0.175 e. The molecule has 0 N–H and O–H groups in total. The van der Waals surface area contributed by atoms with Gasteiger partial charge in [0.1, 0.15) is 0 Å². The van der Waals surface area contributed by atoms with Gasteiger partial charge in [0.2, 0.25) is 0 Å². The summed E-state index contributed by atoms with van der Waals surface area (Å²) in [4.78, 5) is 1.37. The largest absolute Gasteiger partial charge is 0.224 e. The lowest BCUT2D eigenvalue weighted by Gasteiger charge is -2.20. The van der Waals surface area contributed by atoms with Gasteiger partial charge in [-0.05, 0) is 40.6 Å². The van der Waals surface area contributed by atoms with Gasteiger partial charge in [0.05, 0.1) is 9.10 Å². The van der Waals surface area contributed by atoms with Gasteiger partial charge in [-0.2, -0.15) is 0 Å². The first-order valence-corrected chi connectivity index (χ1v) is 9.82. The van der Waals surface area contributed by atoms with E-state index in [9.17, 15) is 8.42 Å². The third kappa shape index (κ3) is 3.87. The second-order valence-corrected chi connectivity index (χ2v) is 10.1. The molecule has 5 heteroatoms. The molecule has 0 amide bonds. The van der Waals surface area contributed by atoms with Crippen molar-refractivity contribution >= 4 is 32.9 Å². The van der Waals surface area contributed by atoms with Gasteiger partial charge in [0, 0.05) is 11.2 Å². The topological polar surface area (TPSA) is 34.1 Å². The first-order valence-electron chi connectivity index (χ1n) is 6.23. The quantitative estimate of drug-likeness (QED) is 0.826. The van der Waals surface area contributed by atoms with Gasteiger partial charge < -0.3 is 0 Å². The lowest BCUT2D eigenvalue weighted by Crippen LogP contribution is -2.12. The summed E-state index contributed by atoms with van der Waals surface area (Å²) >= 11 is 3.27. The third-order valence-electron chi connectivity index (χ3n) is 2.89. The Morgan fingerprint density at radius 1 is 1.15 bits per heavy atom. The van der Waals surface area contributed by atoms with Gasteiger partial charge in [0.15, 0.2) is 9.84 Å². The lowest BCUT2D eigenvalue weighted by molar-refractivity contribution is 0.583. The highest BCUT2D eigenvalue weighted by molar-refractivity contribution is 8.01. The van der Waals surface area contributed by atoms with Crippen LogP contribution in [0, 0.1) is 0 Å². The Kier molecular flexibility index (Phi) is 4.33. The van der Waals surface area contributed by atoms with Crippen LogP contribution in [-0.4, -0.2) is 14.7 Å². The van der Waals surface area contributed by atoms with E-state index in [4.69, 9.17) is 0 Å². The molecule has 108 valence electrons. The van der Waals surface area contributed by atoms with Crippen molar-refractivity contribution in [2.24, 2.45) is 0 Å². The molecule has 0 unspecified atom stereocenters. The molecule has 0 bridgehead atoms. The van der Waals surface area contributed by atoms with Crippen molar-refractivity contribution in [2.45, 2.75) is 40.2 Å². The van der Waals surface area contributed by atoms with Crippen LogP contribution >= 0.6 is 23.1 Å². The summed E-state index contributed by atoms with van der Waals surface area (Å²) in [6.45, 7) is 6.27. The van der Waals surface area contributed by atoms with Gasteiger partial charge in [0.25, 0.3) is 0 Å². The maximum atomic E-state index is 11.9. The molecule has 20 heavy (non-hydrogen) atoms. The number of thiophene rings is 1. The van der Waals surface area contributed by atoms with Gasteiger partial charge >= 0.3 is 0 Å². The smallest absolute Gasteiger partial charge is 0.175 e. The molecule has 0 atom stereocenters. The predicted molar refractivity (Wildman–Crippen MR) is 86.7 cm³/mol. The average molecular weight is 327 g/mol. The zero-order valence-corrected chi connectivity index (χ0v) is 14.5. The fourth-order valence-corrected chi connectivity index (χ4v) is 4.32. The molecule has 0 saturated carbocycles. The van der Waals surface area contributed by atoms with E-state index in [1.807, 2.05) is 17.5 Å². The SMILES string of the molecule is CC(C)(C)c1cc(Sc2cccs2)cc(S(C)(=O)=O)c1. The van der Waals surface area contributed by atoms with E-state index in [0.29, 0.717) is 4.90 Å². The summed E-state index contributed by atoms with van der Waals surface area (Å²) in [6.07, 6.45) is 1.26. The van der Waals surface area contributed by atoms with Crippen LogP contribution < -0.4 is 0 Å². The van der Waals surface area contributed by atoms with Crippen LogP contribution in [0.4, 0.5) is 0 Å². The van der Waals surface area contributed by atoms with E-state index in [-0.39, 0.29) is 5.41 Å². The molecule has 0 aliphatic heterocycles. The molecule has 0 aliphatic carbocycles. The molecule has 2 rings (SSSR count). The van der Waals surface area contributed by atoms with E-state index in [0.717, 1.165) is 14.7 Å². The Morgan fingerprint density at radius 2 is 1.85 bits per heavy atom. The Bertz CT molecular complexity index is 693. The second-order valence-electron chi connectivity index (χ2n) is 5.75. The molecule has 1 heterocycles. The summed E-state index contributed by atoms with van der Waals surface area (Å²) < 4.78 is 24.9. The number of hydrogen-bond donors (Lipinski definition) is 0. The second kappa shape index (κ2) is 5.54. The van der Waals surface area contributed by atoms with Gasteiger partial charge in [-0.1, -0.05) is 38.6 Å². The molecule has 0 saturated heterocycles. The maximum absolute atomic E-state index is 11.9. The van der Waals surface area contributed by atoms with Crippen molar-refractivity contribution in [2.75, 3.05) is 6.26 Å². The predicted octanol–water partition coefficient (Wildman–Crippen LogP) is 4.60. The van der Waals surface area contributed by atoms with Crippen molar-refractivity contribution in [1.82, 2.24) is 0 Å². The normalized spacial score (nSPS) is 12.6. The van der Waals surface area contributed by atoms with E-state index >= 15 is 0 Å². The Labute approximate surface area is 129 Å². The summed E-state index contributed by atoms with van der Waals surface area (Å²) in [5.74, 6) is 0. The molecule has 1 aromatic heterocycles. The van der Waals surface area contributed by atoms with Gasteiger partial charge in [-0.3, -0.25) is 0 Å². The first-order chi connectivity index (χ1) is 9.16. The molecule has 0 spiro atoms. The van der Waals surface area contributed by atoms with E-state index in [1.54, 1.807) is 35.2 Å². The Morgan fingerprint density at radius 3 is 2.35 bits per heavy atom. The van der Waals surface area contributed by atoms with Crippen LogP contribution in [0.15, 0.2) is 49.7 Å². The van der Waals surface area contributed by atoms with Crippen molar-refractivity contribution in [3.8, 4) is 0 Å². The van der Waals surface area contributed by atoms with Crippen LogP contribution in [0.3, 0.4) is 0 Å². The van der Waals surface area contributed by atoms with Crippen LogP contribution in [0.25, 0.3) is 0 Å².